The Hall–Kier alpha value is -3.92. The minimum absolute atomic E-state index is 0.0489. The van der Waals surface area contributed by atoms with Crippen LogP contribution in [0.15, 0.2) is 30.3 Å². The van der Waals surface area contributed by atoms with Crippen molar-refractivity contribution in [3.8, 4) is 11.5 Å². The SMILES string of the molecule is CCc1cccc(CC)c1N1C(=O)C2C(c3cc(OC)cc(OC)c3C(=O)OC)NC(CC3CCCCC3)(C(=O)O)C2C1=O. The van der Waals surface area contributed by atoms with Crippen molar-refractivity contribution in [2.24, 2.45) is 17.8 Å². The molecule has 10 nitrogen and oxygen atoms in total. The predicted molar refractivity (Wildman–Crippen MR) is 163 cm³/mol. The number of imide groups is 1. The number of anilines is 1. The van der Waals surface area contributed by atoms with Gasteiger partial charge in [0.25, 0.3) is 0 Å². The molecule has 2 aliphatic heterocycles. The summed E-state index contributed by atoms with van der Waals surface area (Å²) in [6, 6.07) is 7.82. The van der Waals surface area contributed by atoms with Crippen molar-refractivity contribution in [2.75, 3.05) is 26.2 Å². The molecule has 5 rings (SSSR count). The summed E-state index contributed by atoms with van der Waals surface area (Å²) in [6.45, 7) is 3.93. The highest BCUT2D eigenvalue weighted by atomic mass is 16.5. The molecule has 2 N–H and O–H groups in total. The average Bonchev–Trinajstić information content (AvgIpc) is 3.52. The molecule has 44 heavy (non-hydrogen) atoms. The van der Waals surface area contributed by atoms with Gasteiger partial charge in [-0.1, -0.05) is 64.2 Å². The fourth-order valence-electron chi connectivity index (χ4n) is 7.77. The molecule has 2 aromatic rings. The van der Waals surface area contributed by atoms with E-state index in [-0.39, 0.29) is 29.2 Å². The van der Waals surface area contributed by atoms with Crippen LogP contribution in [0.4, 0.5) is 5.69 Å². The van der Waals surface area contributed by atoms with Crippen LogP contribution in [0, 0.1) is 17.8 Å². The van der Waals surface area contributed by atoms with E-state index in [2.05, 4.69) is 5.32 Å². The van der Waals surface area contributed by atoms with Crippen molar-refractivity contribution in [1.29, 1.82) is 0 Å². The van der Waals surface area contributed by atoms with E-state index in [1.54, 1.807) is 6.07 Å². The first kappa shape index (κ1) is 31.5. The Labute approximate surface area is 258 Å². The van der Waals surface area contributed by atoms with Gasteiger partial charge in [-0.05, 0) is 47.9 Å². The molecular weight excluding hydrogens is 564 g/mol. The van der Waals surface area contributed by atoms with Crippen molar-refractivity contribution < 1.29 is 38.5 Å². The molecule has 3 aliphatic rings. The van der Waals surface area contributed by atoms with Crippen LogP contribution >= 0.6 is 0 Å². The highest BCUT2D eigenvalue weighted by molar-refractivity contribution is 6.25. The first-order valence-corrected chi connectivity index (χ1v) is 15.5. The largest absolute Gasteiger partial charge is 0.497 e. The van der Waals surface area contributed by atoms with Gasteiger partial charge in [0.1, 0.15) is 22.6 Å². The normalized spacial score (nSPS) is 25.2. The standard InChI is InChI=1S/C34H42N2O8/c1-6-20-14-11-15-21(7-2)29(20)36-30(37)26-27(31(36)38)34(33(40)41,18-19-12-9-8-10-13-19)35-28(26)23-16-22(42-3)17-24(43-4)25(23)32(39)44-5/h11,14-17,19,26-28,35H,6-10,12-13,18H2,1-5H3,(H,40,41). The van der Waals surface area contributed by atoms with Crippen LogP contribution in [0.3, 0.4) is 0 Å². The van der Waals surface area contributed by atoms with Gasteiger partial charge in [-0.25, -0.2) is 9.69 Å². The lowest BCUT2D eigenvalue weighted by Crippen LogP contribution is -2.57. The fourth-order valence-corrected chi connectivity index (χ4v) is 7.77. The number of aryl methyl sites for hydroxylation is 2. The van der Waals surface area contributed by atoms with Crippen LogP contribution in [0.1, 0.15) is 85.5 Å². The monoisotopic (exact) mass is 606 g/mol. The van der Waals surface area contributed by atoms with Gasteiger partial charge in [-0.15, -0.1) is 0 Å². The topological polar surface area (TPSA) is 131 Å². The number of esters is 1. The van der Waals surface area contributed by atoms with E-state index >= 15 is 0 Å². The molecule has 0 bridgehead atoms. The summed E-state index contributed by atoms with van der Waals surface area (Å²) in [5.74, 6) is -4.64. The number of carboxylic acid groups (broad SMARTS) is 1. The Bertz CT molecular complexity index is 1440. The summed E-state index contributed by atoms with van der Waals surface area (Å²) in [4.78, 5) is 57.3. The minimum Gasteiger partial charge on any atom is -0.497 e. The number of carbonyl (C=O) groups is 4. The molecule has 4 atom stereocenters. The number of para-hydroxylation sites is 1. The van der Waals surface area contributed by atoms with Crippen molar-refractivity contribution in [1.82, 2.24) is 5.32 Å². The fraction of sp³-hybridized carbons (Fsp3) is 0.529. The quantitative estimate of drug-likeness (QED) is 0.288. The van der Waals surface area contributed by atoms with E-state index in [0.717, 1.165) is 43.2 Å². The first-order valence-electron chi connectivity index (χ1n) is 15.5. The number of methoxy groups -OCH3 is 3. The second-order valence-electron chi connectivity index (χ2n) is 12.0. The summed E-state index contributed by atoms with van der Waals surface area (Å²) < 4.78 is 16.2. The Kier molecular flexibility index (Phi) is 9.02. The summed E-state index contributed by atoms with van der Waals surface area (Å²) in [7, 11) is 4.11. The number of carboxylic acids is 1. The number of fused-ring (bicyclic) bond motifs is 1. The molecule has 1 saturated carbocycles. The van der Waals surface area contributed by atoms with Gasteiger partial charge in [0.05, 0.1) is 38.9 Å². The first-order chi connectivity index (χ1) is 21.2. The van der Waals surface area contributed by atoms with E-state index in [0.29, 0.717) is 24.3 Å². The van der Waals surface area contributed by atoms with Crippen LogP contribution in [0.25, 0.3) is 0 Å². The van der Waals surface area contributed by atoms with Crippen molar-refractivity contribution >= 4 is 29.4 Å². The number of hydrogen-bond donors (Lipinski definition) is 2. The Morgan fingerprint density at radius 3 is 2.18 bits per heavy atom. The zero-order valence-electron chi connectivity index (χ0n) is 26.1. The molecule has 2 heterocycles. The van der Waals surface area contributed by atoms with Crippen LogP contribution < -0.4 is 19.7 Å². The minimum atomic E-state index is -1.74. The summed E-state index contributed by atoms with van der Waals surface area (Å²) >= 11 is 0. The van der Waals surface area contributed by atoms with Gasteiger partial charge in [0.2, 0.25) is 11.8 Å². The number of rotatable bonds is 10. The maximum Gasteiger partial charge on any atom is 0.341 e. The molecule has 3 fully saturated rings. The number of hydrogen-bond acceptors (Lipinski definition) is 8. The Morgan fingerprint density at radius 2 is 1.64 bits per heavy atom. The van der Waals surface area contributed by atoms with E-state index in [1.165, 1.54) is 32.3 Å². The molecule has 4 unspecified atom stereocenters. The average molecular weight is 607 g/mol. The molecule has 10 heteroatoms. The van der Waals surface area contributed by atoms with Crippen LogP contribution in [-0.2, 0) is 32.0 Å². The number of ether oxygens (including phenoxy) is 3. The van der Waals surface area contributed by atoms with Gasteiger partial charge in [0, 0.05) is 12.1 Å². The van der Waals surface area contributed by atoms with Crippen molar-refractivity contribution in [3.63, 3.8) is 0 Å². The zero-order chi connectivity index (χ0) is 31.8. The van der Waals surface area contributed by atoms with Crippen molar-refractivity contribution in [2.45, 2.75) is 76.8 Å². The molecule has 236 valence electrons. The number of nitrogens with zero attached hydrogens (tertiary/aromatic N) is 1. The summed E-state index contributed by atoms with van der Waals surface area (Å²) in [6.07, 6.45) is 6.13. The van der Waals surface area contributed by atoms with E-state index in [4.69, 9.17) is 14.2 Å². The smallest absolute Gasteiger partial charge is 0.341 e. The lowest BCUT2D eigenvalue weighted by Gasteiger charge is -2.36. The van der Waals surface area contributed by atoms with Crippen LogP contribution in [0.5, 0.6) is 11.5 Å². The third kappa shape index (κ3) is 5.02. The molecule has 0 spiro atoms. The van der Waals surface area contributed by atoms with Gasteiger partial charge in [0.15, 0.2) is 0 Å². The Morgan fingerprint density at radius 1 is 0.977 bits per heavy atom. The van der Waals surface area contributed by atoms with Gasteiger partial charge >= 0.3 is 11.9 Å². The van der Waals surface area contributed by atoms with E-state index < -0.39 is 47.2 Å². The maximum atomic E-state index is 14.7. The van der Waals surface area contributed by atoms with Crippen molar-refractivity contribution in [3.05, 3.63) is 52.6 Å². The number of aliphatic carboxylic acids is 1. The molecule has 2 aromatic carbocycles. The van der Waals surface area contributed by atoms with Crippen LogP contribution in [-0.4, -0.2) is 55.7 Å². The molecule has 1 aliphatic carbocycles. The van der Waals surface area contributed by atoms with Gasteiger partial charge in [-0.3, -0.25) is 19.7 Å². The third-order valence-corrected chi connectivity index (χ3v) is 9.85. The van der Waals surface area contributed by atoms with E-state index in [9.17, 15) is 24.3 Å². The summed E-state index contributed by atoms with van der Waals surface area (Å²) in [5.41, 5.74) is 0.805. The molecule has 0 aromatic heterocycles. The number of carbonyl (C=O) groups excluding carboxylic acids is 3. The molecule has 2 amide bonds. The molecule has 2 saturated heterocycles. The number of benzene rings is 2. The summed E-state index contributed by atoms with van der Waals surface area (Å²) in [5, 5.41) is 14.3. The highest BCUT2D eigenvalue weighted by Gasteiger charge is 2.69. The number of nitrogens with one attached hydrogen (secondary N) is 1. The molecular formula is C34H42N2O8. The molecule has 0 radical (unpaired) electrons. The zero-order valence-corrected chi connectivity index (χ0v) is 26.1. The van der Waals surface area contributed by atoms with E-state index in [1.807, 2.05) is 32.0 Å². The highest BCUT2D eigenvalue weighted by Crippen LogP contribution is 2.54. The third-order valence-electron chi connectivity index (χ3n) is 9.85. The predicted octanol–water partition coefficient (Wildman–Crippen LogP) is 4.86. The lowest BCUT2D eigenvalue weighted by atomic mass is 9.72. The second-order valence-corrected chi connectivity index (χ2v) is 12.0. The maximum absolute atomic E-state index is 14.7. The van der Waals surface area contributed by atoms with Crippen LogP contribution in [0.2, 0.25) is 0 Å². The Balaban J connectivity index is 1.76. The van der Waals surface area contributed by atoms with Gasteiger partial charge in [-0.2, -0.15) is 0 Å². The number of amides is 2. The lowest BCUT2D eigenvalue weighted by molar-refractivity contribution is -0.150. The van der Waals surface area contributed by atoms with Gasteiger partial charge < -0.3 is 19.3 Å². The second kappa shape index (κ2) is 12.6.